The maximum atomic E-state index is 13.4. The number of nitrogens with one attached hydrogen (secondary N) is 1. The molecule has 34 heavy (non-hydrogen) atoms. The Morgan fingerprint density at radius 3 is 2.56 bits per heavy atom. The minimum absolute atomic E-state index is 0.113. The second kappa shape index (κ2) is 10.2. The Kier molecular flexibility index (Phi) is 7.48. The molecule has 3 aliphatic heterocycles. The summed E-state index contributed by atoms with van der Waals surface area (Å²) in [6.07, 6.45) is 2.50. The van der Waals surface area contributed by atoms with Crippen molar-refractivity contribution in [3.63, 3.8) is 0 Å². The van der Waals surface area contributed by atoms with Crippen LogP contribution in [0, 0.1) is 30.1 Å². The molecular weight excluding hydrogens is 478 g/mol. The van der Waals surface area contributed by atoms with Gasteiger partial charge < -0.3 is 10.2 Å². The molecule has 184 valence electrons. The average molecular weight is 508 g/mol. The van der Waals surface area contributed by atoms with Gasteiger partial charge in [-0.3, -0.25) is 9.59 Å². The van der Waals surface area contributed by atoms with E-state index in [1.807, 2.05) is 19.1 Å². The molecular formula is C23H30ClN5O4S. The van der Waals surface area contributed by atoms with Gasteiger partial charge in [0.2, 0.25) is 11.8 Å². The number of rotatable bonds is 6. The number of hydrogen-bond donors (Lipinski definition) is 1. The minimum atomic E-state index is -3.68. The number of halogens is 1. The molecule has 11 heteroatoms. The molecule has 0 saturated carbocycles. The lowest BCUT2D eigenvalue weighted by atomic mass is 9.97. The lowest BCUT2D eigenvalue weighted by Gasteiger charge is -2.41. The van der Waals surface area contributed by atoms with Crippen molar-refractivity contribution in [3.8, 4) is 6.07 Å². The number of hydrogen-bond acceptors (Lipinski definition) is 5. The summed E-state index contributed by atoms with van der Waals surface area (Å²) in [5, 5.41) is 12.5. The van der Waals surface area contributed by atoms with Crippen molar-refractivity contribution in [1.29, 1.82) is 5.26 Å². The Labute approximate surface area is 205 Å². The molecule has 3 aliphatic rings. The van der Waals surface area contributed by atoms with Gasteiger partial charge in [-0.2, -0.15) is 22.3 Å². The molecule has 0 unspecified atom stereocenters. The lowest BCUT2D eigenvalue weighted by molar-refractivity contribution is -0.142. The molecule has 1 N–H and O–H groups in total. The fourth-order valence-electron chi connectivity index (χ4n) is 4.98. The molecule has 1 aromatic rings. The molecule has 2 amide bonds. The monoisotopic (exact) mass is 507 g/mol. The van der Waals surface area contributed by atoms with Crippen LogP contribution < -0.4 is 5.32 Å². The molecule has 4 rings (SSSR count). The largest absolute Gasteiger partial charge is 0.350 e. The Balaban J connectivity index is 1.36. The first-order valence-corrected chi connectivity index (χ1v) is 13.5. The van der Waals surface area contributed by atoms with Crippen LogP contribution in [-0.2, 0) is 26.3 Å². The molecule has 0 bridgehead atoms. The summed E-state index contributed by atoms with van der Waals surface area (Å²) >= 11 is 6.10. The first kappa shape index (κ1) is 24.9. The van der Waals surface area contributed by atoms with Gasteiger partial charge in [-0.05, 0) is 55.9 Å². The number of likely N-dealkylation sites (tertiary alicyclic amines) is 1. The first-order valence-electron chi connectivity index (χ1n) is 11.7. The van der Waals surface area contributed by atoms with Gasteiger partial charge >= 0.3 is 0 Å². The Morgan fingerprint density at radius 2 is 1.85 bits per heavy atom. The predicted molar refractivity (Wildman–Crippen MR) is 127 cm³/mol. The molecule has 9 nitrogen and oxygen atoms in total. The van der Waals surface area contributed by atoms with Crippen molar-refractivity contribution in [3.05, 3.63) is 34.3 Å². The van der Waals surface area contributed by atoms with E-state index in [0.29, 0.717) is 43.9 Å². The Morgan fingerprint density at radius 1 is 1.12 bits per heavy atom. The zero-order chi connectivity index (χ0) is 24.5. The number of benzene rings is 1. The highest BCUT2D eigenvalue weighted by atomic mass is 35.5. The number of aryl methyl sites for hydroxylation is 1. The normalized spacial score (nSPS) is 24.4. The van der Waals surface area contributed by atoms with Crippen LogP contribution in [0.5, 0.6) is 0 Å². The molecule has 0 radical (unpaired) electrons. The fraction of sp³-hybridized carbons (Fsp3) is 0.609. The van der Waals surface area contributed by atoms with Crippen molar-refractivity contribution in [2.75, 3.05) is 32.7 Å². The number of amides is 2. The summed E-state index contributed by atoms with van der Waals surface area (Å²) in [5.41, 5.74) is 1.90. The summed E-state index contributed by atoms with van der Waals surface area (Å²) in [5.74, 6) is -1.10. The highest BCUT2D eigenvalue weighted by Crippen LogP contribution is 2.29. The topological polar surface area (TPSA) is 114 Å². The predicted octanol–water partition coefficient (Wildman–Crippen LogP) is 1.67. The van der Waals surface area contributed by atoms with Crippen LogP contribution in [0.15, 0.2) is 18.2 Å². The third-order valence-corrected chi connectivity index (χ3v) is 8.98. The first-order chi connectivity index (χ1) is 16.2. The molecule has 0 aromatic heterocycles. The Hall–Kier alpha value is -2.19. The van der Waals surface area contributed by atoms with E-state index in [1.54, 1.807) is 11.0 Å². The van der Waals surface area contributed by atoms with Crippen molar-refractivity contribution in [1.82, 2.24) is 18.8 Å². The standard InChI is InChI=1S/C23H30ClN5O4S/c1-16-8-17(10-20(24)9-16)12-26-22(30)21-5-3-7-29(21)23(31)19-4-2-6-27(15-19)34(32,33)28-13-18(11-25)14-28/h8-10,18-19,21H,2-7,12-15H2,1H3,(H,26,30)/t19-,21+/m0/s1. The summed E-state index contributed by atoms with van der Waals surface area (Å²) in [7, 11) is -3.68. The van der Waals surface area contributed by atoms with E-state index >= 15 is 0 Å². The van der Waals surface area contributed by atoms with Gasteiger partial charge in [0, 0.05) is 44.3 Å². The molecule has 0 aliphatic carbocycles. The smallest absolute Gasteiger partial charge is 0.282 e. The van der Waals surface area contributed by atoms with Crippen molar-refractivity contribution < 1.29 is 18.0 Å². The third kappa shape index (κ3) is 5.23. The van der Waals surface area contributed by atoms with Crippen molar-refractivity contribution >= 4 is 33.6 Å². The summed E-state index contributed by atoms with van der Waals surface area (Å²) in [6.45, 7) is 3.64. The highest BCUT2D eigenvalue weighted by Gasteiger charge is 2.44. The van der Waals surface area contributed by atoms with Crippen LogP contribution in [0.2, 0.25) is 5.02 Å². The van der Waals surface area contributed by atoms with Gasteiger partial charge in [0.1, 0.15) is 6.04 Å². The molecule has 3 saturated heterocycles. The second-order valence-electron chi connectivity index (χ2n) is 9.39. The Bertz CT molecular complexity index is 1080. The molecule has 3 heterocycles. The maximum absolute atomic E-state index is 13.4. The minimum Gasteiger partial charge on any atom is -0.350 e. The fourth-order valence-corrected chi connectivity index (χ4v) is 7.09. The average Bonchev–Trinajstić information content (AvgIpc) is 3.25. The molecule has 0 spiro atoms. The van der Waals surface area contributed by atoms with Crippen LogP contribution in [0.1, 0.15) is 36.8 Å². The summed E-state index contributed by atoms with van der Waals surface area (Å²) in [4.78, 5) is 27.9. The number of piperidine rings is 1. The lowest BCUT2D eigenvalue weighted by Crippen LogP contribution is -2.57. The van der Waals surface area contributed by atoms with Gasteiger partial charge in [-0.15, -0.1) is 0 Å². The summed E-state index contributed by atoms with van der Waals surface area (Å²) in [6, 6.07) is 7.14. The van der Waals surface area contributed by atoms with Gasteiger partial charge in [0.25, 0.3) is 10.2 Å². The second-order valence-corrected chi connectivity index (χ2v) is 11.8. The van der Waals surface area contributed by atoms with Crippen LogP contribution in [-0.4, -0.2) is 72.5 Å². The molecule has 3 fully saturated rings. The van der Waals surface area contributed by atoms with E-state index in [1.165, 1.54) is 8.61 Å². The molecule has 1 aromatic carbocycles. The zero-order valence-electron chi connectivity index (χ0n) is 19.2. The van der Waals surface area contributed by atoms with Crippen molar-refractivity contribution in [2.45, 2.75) is 45.2 Å². The van der Waals surface area contributed by atoms with E-state index in [2.05, 4.69) is 11.4 Å². The van der Waals surface area contributed by atoms with E-state index in [0.717, 1.165) is 17.5 Å². The number of nitrogens with zero attached hydrogens (tertiary/aromatic N) is 4. The quantitative estimate of drug-likeness (QED) is 0.629. The SMILES string of the molecule is Cc1cc(Cl)cc(CNC(=O)[C@H]2CCCN2C(=O)[C@H]2CCCN(S(=O)(=O)N3CC(C#N)C3)C2)c1. The van der Waals surface area contributed by atoms with Gasteiger partial charge in [0.15, 0.2) is 0 Å². The van der Waals surface area contributed by atoms with Gasteiger partial charge in [0.05, 0.1) is 17.9 Å². The third-order valence-electron chi connectivity index (χ3n) is 6.82. The van der Waals surface area contributed by atoms with Gasteiger partial charge in [-0.25, -0.2) is 0 Å². The van der Waals surface area contributed by atoms with E-state index in [9.17, 15) is 18.0 Å². The number of nitriles is 1. The van der Waals surface area contributed by atoms with Gasteiger partial charge in [-0.1, -0.05) is 17.7 Å². The van der Waals surface area contributed by atoms with Crippen LogP contribution in [0.25, 0.3) is 0 Å². The van der Waals surface area contributed by atoms with E-state index in [-0.39, 0.29) is 37.4 Å². The summed E-state index contributed by atoms with van der Waals surface area (Å²) < 4.78 is 28.5. The number of carbonyl (C=O) groups is 2. The van der Waals surface area contributed by atoms with E-state index < -0.39 is 22.2 Å². The maximum Gasteiger partial charge on any atom is 0.282 e. The van der Waals surface area contributed by atoms with Crippen molar-refractivity contribution in [2.24, 2.45) is 11.8 Å². The number of carbonyl (C=O) groups excluding carboxylic acids is 2. The van der Waals surface area contributed by atoms with Crippen LogP contribution >= 0.6 is 11.6 Å². The zero-order valence-corrected chi connectivity index (χ0v) is 20.8. The van der Waals surface area contributed by atoms with E-state index in [4.69, 9.17) is 16.9 Å². The van der Waals surface area contributed by atoms with Crippen LogP contribution in [0.3, 0.4) is 0 Å². The molecule has 2 atom stereocenters. The highest BCUT2D eigenvalue weighted by molar-refractivity contribution is 7.86. The van der Waals surface area contributed by atoms with Crippen LogP contribution in [0.4, 0.5) is 0 Å².